The van der Waals surface area contributed by atoms with Gasteiger partial charge in [-0.15, -0.1) is 0 Å². The fourth-order valence-electron chi connectivity index (χ4n) is 2.17. The van der Waals surface area contributed by atoms with Crippen LogP contribution in [0.1, 0.15) is 23.7 Å². The minimum atomic E-state index is -0.501. The first-order valence-corrected chi connectivity index (χ1v) is 7.37. The first-order chi connectivity index (χ1) is 9.09. The van der Waals surface area contributed by atoms with Gasteiger partial charge in [-0.05, 0) is 31.2 Å². The van der Waals surface area contributed by atoms with Gasteiger partial charge in [-0.25, -0.2) is 0 Å². The van der Waals surface area contributed by atoms with Gasteiger partial charge in [0, 0.05) is 30.6 Å². The number of nitrogens with zero attached hydrogens (tertiary/aromatic N) is 2. The van der Waals surface area contributed by atoms with Crippen LogP contribution in [0, 0.1) is 10.1 Å². The Morgan fingerprint density at radius 1 is 1.37 bits per heavy atom. The van der Waals surface area contributed by atoms with Crippen LogP contribution in [-0.4, -0.2) is 35.3 Å². The van der Waals surface area contributed by atoms with Gasteiger partial charge in [0.05, 0.1) is 10.5 Å². The number of hydrogen-bond donors (Lipinski definition) is 0. The number of rotatable bonds is 3. The van der Waals surface area contributed by atoms with Crippen LogP contribution in [0.4, 0.5) is 11.4 Å². The molecule has 0 N–H and O–H groups in total. The Balaban J connectivity index is 2.34. The van der Waals surface area contributed by atoms with Crippen LogP contribution in [0.15, 0.2) is 18.2 Å². The molecule has 2 rings (SSSR count). The molecule has 0 atom stereocenters. The van der Waals surface area contributed by atoms with Crippen molar-refractivity contribution in [3.63, 3.8) is 0 Å². The smallest absolute Gasteiger partial charge is 0.280 e. The summed E-state index contributed by atoms with van der Waals surface area (Å²) in [6.45, 7) is 3.21. The molecule has 5 nitrogen and oxygen atoms in total. The molecule has 0 aromatic heterocycles. The Kier molecular flexibility index (Phi) is 4.42. The largest absolute Gasteiger partial charge is 0.371 e. The maximum Gasteiger partial charge on any atom is 0.280 e. The van der Waals surface area contributed by atoms with E-state index in [0.717, 1.165) is 36.7 Å². The average molecular weight is 280 g/mol. The van der Waals surface area contributed by atoms with Crippen LogP contribution < -0.4 is 4.90 Å². The first kappa shape index (κ1) is 13.9. The number of carbonyl (C=O) groups is 1. The van der Waals surface area contributed by atoms with E-state index >= 15 is 0 Å². The molecule has 1 heterocycles. The maximum atomic E-state index is 11.5. The molecule has 0 spiro atoms. The van der Waals surface area contributed by atoms with Gasteiger partial charge in [-0.2, -0.15) is 11.8 Å². The molecular formula is C13H16N2O3S. The van der Waals surface area contributed by atoms with E-state index in [4.69, 9.17) is 0 Å². The number of nitro groups is 1. The summed E-state index contributed by atoms with van der Waals surface area (Å²) < 4.78 is 0. The lowest BCUT2D eigenvalue weighted by molar-refractivity contribution is -0.385. The van der Waals surface area contributed by atoms with E-state index in [1.807, 2.05) is 11.8 Å². The molecule has 1 fully saturated rings. The molecular weight excluding hydrogens is 264 g/mol. The van der Waals surface area contributed by atoms with E-state index in [-0.39, 0.29) is 17.0 Å². The second-order valence-corrected chi connectivity index (χ2v) is 5.69. The normalized spacial score (nSPS) is 15.9. The SMILES string of the molecule is CC(=O)c1cc(N2CCCSCC2)ccc1[N+](=O)[O-]. The summed E-state index contributed by atoms with van der Waals surface area (Å²) in [7, 11) is 0. The van der Waals surface area contributed by atoms with E-state index < -0.39 is 4.92 Å². The van der Waals surface area contributed by atoms with Crippen LogP contribution in [0.2, 0.25) is 0 Å². The Hall–Kier alpha value is -1.56. The predicted octanol–water partition coefficient (Wildman–Crippen LogP) is 2.74. The third-order valence-corrected chi connectivity index (χ3v) is 4.19. The molecule has 0 saturated carbocycles. The first-order valence-electron chi connectivity index (χ1n) is 6.21. The maximum absolute atomic E-state index is 11.5. The van der Waals surface area contributed by atoms with Gasteiger partial charge in [0.15, 0.2) is 5.78 Å². The molecule has 1 aromatic rings. The molecule has 0 amide bonds. The highest BCUT2D eigenvalue weighted by Gasteiger charge is 2.20. The summed E-state index contributed by atoms with van der Waals surface area (Å²) in [6.07, 6.45) is 1.09. The van der Waals surface area contributed by atoms with Crippen LogP contribution in [0.3, 0.4) is 0 Å². The van der Waals surface area contributed by atoms with E-state index in [0.29, 0.717) is 0 Å². The van der Waals surface area contributed by atoms with Crippen LogP contribution in [-0.2, 0) is 0 Å². The topological polar surface area (TPSA) is 63.5 Å². The highest BCUT2D eigenvalue weighted by Crippen LogP contribution is 2.26. The van der Waals surface area contributed by atoms with Crippen LogP contribution >= 0.6 is 11.8 Å². The summed E-state index contributed by atoms with van der Waals surface area (Å²) in [4.78, 5) is 24.1. The number of thioether (sulfide) groups is 1. The van der Waals surface area contributed by atoms with E-state index in [2.05, 4.69) is 4.90 Å². The molecule has 0 radical (unpaired) electrons. The summed E-state index contributed by atoms with van der Waals surface area (Å²) in [6, 6.07) is 4.82. The average Bonchev–Trinajstić information content (AvgIpc) is 2.66. The van der Waals surface area contributed by atoms with Crippen molar-refractivity contribution in [3.8, 4) is 0 Å². The second kappa shape index (κ2) is 6.06. The molecule has 0 unspecified atom stereocenters. The molecule has 0 aliphatic carbocycles. The molecule has 102 valence electrons. The lowest BCUT2D eigenvalue weighted by atomic mass is 10.1. The van der Waals surface area contributed by atoms with Gasteiger partial charge in [-0.1, -0.05) is 0 Å². The predicted molar refractivity (Wildman–Crippen MR) is 77.3 cm³/mol. The zero-order chi connectivity index (χ0) is 13.8. The van der Waals surface area contributed by atoms with Crippen molar-refractivity contribution in [2.45, 2.75) is 13.3 Å². The minimum Gasteiger partial charge on any atom is -0.371 e. The van der Waals surface area contributed by atoms with Gasteiger partial charge < -0.3 is 4.90 Å². The molecule has 1 aromatic carbocycles. The van der Waals surface area contributed by atoms with Crippen molar-refractivity contribution in [2.75, 3.05) is 29.5 Å². The molecule has 0 bridgehead atoms. The standard InChI is InChI=1S/C13H16N2O3S/c1-10(16)12-9-11(3-4-13(12)15(17)18)14-5-2-7-19-8-6-14/h3-4,9H,2,5-8H2,1H3. The number of hydrogen-bond acceptors (Lipinski definition) is 5. The third kappa shape index (κ3) is 3.26. The quantitative estimate of drug-likeness (QED) is 0.484. The van der Waals surface area contributed by atoms with E-state index in [1.54, 1.807) is 12.1 Å². The van der Waals surface area contributed by atoms with E-state index in [9.17, 15) is 14.9 Å². The fraction of sp³-hybridized carbons (Fsp3) is 0.462. The molecule has 6 heteroatoms. The highest BCUT2D eigenvalue weighted by molar-refractivity contribution is 7.99. The highest BCUT2D eigenvalue weighted by atomic mass is 32.2. The number of carbonyl (C=O) groups excluding carboxylic acids is 1. The van der Waals surface area contributed by atoms with Crippen molar-refractivity contribution in [3.05, 3.63) is 33.9 Å². The fourth-order valence-corrected chi connectivity index (χ4v) is 3.05. The Morgan fingerprint density at radius 2 is 2.16 bits per heavy atom. The van der Waals surface area contributed by atoms with Gasteiger partial charge in [0.25, 0.3) is 5.69 Å². The zero-order valence-corrected chi connectivity index (χ0v) is 11.6. The summed E-state index contributed by atoms with van der Waals surface area (Å²) in [5, 5.41) is 10.9. The number of nitro benzene ring substituents is 1. The Bertz CT molecular complexity index is 497. The monoisotopic (exact) mass is 280 g/mol. The lowest BCUT2D eigenvalue weighted by Crippen LogP contribution is -2.25. The molecule has 1 aliphatic rings. The van der Waals surface area contributed by atoms with Gasteiger partial charge >= 0.3 is 0 Å². The lowest BCUT2D eigenvalue weighted by Gasteiger charge is -2.22. The number of benzene rings is 1. The summed E-state index contributed by atoms with van der Waals surface area (Å²) in [5.74, 6) is 1.92. The number of ketones is 1. The Morgan fingerprint density at radius 3 is 2.84 bits per heavy atom. The van der Waals surface area contributed by atoms with E-state index in [1.165, 1.54) is 13.0 Å². The Labute approximate surface area is 116 Å². The molecule has 1 aliphatic heterocycles. The van der Waals surface area contributed by atoms with Crippen molar-refractivity contribution in [1.82, 2.24) is 0 Å². The molecule has 19 heavy (non-hydrogen) atoms. The summed E-state index contributed by atoms with van der Waals surface area (Å²) >= 11 is 1.92. The van der Waals surface area contributed by atoms with Gasteiger partial charge in [-0.3, -0.25) is 14.9 Å². The van der Waals surface area contributed by atoms with Crippen molar-refractivity contribution in [1.29, 1.82) is 0 Å². The second-order valence-electron chi connectivity index (χ2n) is 4.47. The number of anilines is 1. The van der Waals surface area contributed by atoms with Gasteiger partial charge in [0.2, 0.25) is 0 Å². The zero-order valence-electron chi connectivity index (χ0n) is 10.8. The van der Waals surface area contributed by atoms with Gasteiger partial charge in [0.1, 0.15) is 0 Å². The van der Waals surface area contributed by atoms with Crippen molar-refractivity contribution < 1.29 is 9.72 Å². The van der Waals surface area contributed by atoms with Crippen LogP contribution in [0.5, 0.6) is 0 Å². The van der Waals surface area contributed by atoms with Crippen LogP contribution in [0.25, 0.3) is 0 Å². The number of Topliss-reactive ketones (excluding diaryl/α,β-unsaturated/α-hetero) is 1. The van der Waals surface area contributed by atoms with Crippen molar-refractivity contribution in [2.24, 2.45) is 0 Å². The van der Waals surface area contributed by atoms with Crippen molar-refractivity contribution >= 4 is 28.9 Å². The minimum absolute atomic E-state index is 0.111. The summed E-state index contributed by atoms with van der Waals surface area (Å²) in [5.41, 5.74) is 0.984. The molecule has 1 saturated heterocycles. The third-order valence-electron chi connectivity index (χ3n) is 3.14.